The highest BCUT2D eigenvalue weighted by Gasteiger charge is 2.52. The largest absolute Gasteiger partial charge is 0.496 e. The summed E-state index contributed by atoms with van der Waals surface area (Å²) in [7, 11) is 1.70. The van der Waals surface area contributed by atoms with Gasteiger partial charge in [0.2, 0.25) is 5.95 Å². The maximum atomic E-state index is 9.48. The van der Waals surface area contributed by atoms with Crippen LogP contribution in [0.3, 0.4) is 0 Å². The van der Waals surface area contributed by atoms with E-state index in [9.17, 15) is 5.11 Å². The van der Waals surface area contributed by atoms with Crippen LogP contribution in [0.4, 0.5) is 11.8 Å². The number of nitrogens with one attached hydrogen (secondary N) is 2. The molecule has 0 unspecified atom stereocenters. The van der Waals surface area contributed by atoms with Crippen molar-refractivity contribution in [2.45, 2.75) is 63.8 Å². The fourth-order valence-corrected chi connectivity index (χ4v) is 5.60. The fraction of sp³-hybridized carbons (Fsp3) is 0.560. The highest BCUT2D eigenvalue weighted by atomic mass is 16.5. The van der Waals surface area contributed by atoms with Gasteiger partial charge >= 0.3 is 0 Å². The Morgan fingerprint density at radius 3 is 2.79 bits per heavy atom. The molecule has 0 bridgehead atoms. The fourth-order valence-electron chi connectivity index (χ4n) is 5.60. The molecule has 1 aromatic carbocycles. The van der Waals surface area contributed by atoms with E-state index in [1.807, 2.05) is 4.68 Å². The van der Waals surface area contributed by atoms with Crippen molar-refractivity contribution in [3.8, 4) is 5.75 Å². The SMILES string of the molecule is COc1cc(CNC2CC(O)C2)ccc1Cn1ncc2nc(N)nc(NCC3CC4(CC4)C3)c21. The van der Waals surface area contributed by atoms with E-state index in [2.05, 4.69) is 43.9 Å². The first kappa shape index (κ1) is 21.6. The Kier molecular flexibility index (Phi) is 5.33. The van der Waals surface area contributed by atoms with Gasteiger partial charge in [0.15, 0.2) is 5.82 Å². The van der Waals surface area contributed by atoms with Gasteiger partial charge in [-0.15, -0.1) is 0 Å². The monoisotopic (exact) mass is 463 g/mol. The predicted octanol–water partition coefficient (Wildman–Crippen LogP) is 2.68. The number of nitrogens with two attached hydrogens (primary N) is 1. The second-order valence-electron chi connectivity index (χ2n) is 10.5. The highest BCUT2D eigenvalue weighted by Crippen LogP contribution is 2.63. The van der Waals surface area contributed by atoms with Crippen molar-refractivity contribution < 1.29 is 9.84 Å². The van der Waals surface area contributed by atoms with Crippen LogP contribution in [-0.4, -0.2) is 50.7 Å². The van der Waals surface area contributed by atoms with Gasteiger partial charge < -0.3 is 26.2 Å². The van der Waals surface area contributed by atoms with Crippen LogP contribution in [0.15, 0.2) is 24.4 Å². The molecule has 2 aromatic heterocycles. The van der Waals surface area contributed by atoms with Gasteiger partial charge in [0.25, 0.3) is 0 Å². The Bertz CT molecular complexity index is 1190. The predicted molar refractivity (Wildman–Crippen MR) is 131 cm³/mol. The van der Waals surface area contributed by atoms with E-state index in [1.54, 1.807) is 13.3 Å². The van der Waals surface area contributed by atoms with Crippen molar-refractivity contribution in [1.29, 1.82) is 0 Å². The van der Waals surface area contributed by atoms with Gasteiger partial charge in [-0.25, -0.2) is 4.98 Å². The molecule has 3 aliphatic carbocycles. The second-order valence-corrected chi connectivity index (χ2v) is 10.5. The molecule has 3 saturated carbocycles. The maximum absolute atomic E-state index is 9.48. The van der Waals surface area contributed by atoms with Gasteiger partial charge in [-0.1, -0.05) is 12.1 Å². The number of hydrogen-bond donors (Lipinski definition) is 4. The molecule has 9 nitrogen and oxygen atoms in total. The summed E-state index contributed by atoms with van der Waals surface area (Å²) in [5.74, 6) is 2.54. The van der Waals surface area contributed by atoms with Crippen molar-refractivity contribution in [2.24, 2.45) is 11.3 Å². The number of hydrogen-bond acceptors (Lipinski definition) is 8. The summed E-state index contributed by atoms with van der Waals surface area (Å²) in [5.41, 5.74) is 10.5. The van der Waals surface area contributed by atoms with Crippen LogP contribution in [-0.2, 0) is 13.1 Å². The van der Waals surface area contributed by atoms with Gasteiger partial charge in [-0.3, -0.25) is 4.68 Å². The maximum Gasteiger partial charge on any atom is 0.222 e. The average Bonchev–Trinajstić information content (AvgIpc) is 3.49. The Morgan fingerprint density at radius 1 is 1.24 bits per heavy atom. The molecule has 2 heterocycles. The van der Waals surface area contributed by atoms with E-state index in [0.29, 0.717) is 23.9 Å². The smallest absolute Gasteiger partial charge is 0.222 e. The van der Waals surface area contributed by atoms with E-state index < -0.39 is 0 Å². The molecule has 0 radical (unpaired) electrons. The van der Waals surface area contributed by atoms with Crippen LogP contribution in [0, 0.1) is 11.3 Å². The summed E-state index contributed by atoms with van der Waals surface area (Å²) in [5, 5.41) is 21.1. The van der Waals surface area contributed by atoms with E-state index in [4.69, 9.17) is 10.5 Å². The highest BCUT2D eigenvalue weighted by molar-refractivity contribution is 5.86. The second kappa shape index (κ2) is 8.39. The zero-order chi connectivity index (χ0) is 23.3. The topological polar surface area (TPSA) is 123 Å². The zero-order valence-corrected chi connectivity index (χ0v) is 19.6. The molecular weight excluding hydrogens is 430 g/mol. The molecule has 6 rings (SSSR count). The Balaban J connectivity index is 1.18. The Morgan fingerprint density at radius 2 is 2.06 bits per heavy atom. The van der Waals surface area contributed by atoms with Crippen LogP contribution >= 0.6 is 0 Å². The number of rotatable bonds is 9. The standard InChI is InChI=1S/C25H33N7O2/c1-34-21-6-15(11-27-18-7-19(33)8-18)2-3-17(21)14-32-22-20(13-29-32)30-24(26)31-23(22)28-12-16-9-25(10-16)4-5-25/h2-3,6,13,16,18-19,27,33H,4-5,7-12,14H2,1H3,(H3,26,28,30,31). The molecule has 1 spiro atoms. The van der Waals surface area contributed by atoms with Gasteiger partial charge in [0.05, 0.1) is 26.0 Å². The number of aromatic nitrogens is 4. The third kappa shape index (κ3) is 4.18. The van der Waals surface area contributed by atoms with Crippen LogP contribution in [0.2, 0.25) is 0 Å². The molecule has 0 atom stereocenters. The van der Waals surface area contributed by atoms with Crippen molar-refractivity contribution >= 4 is 22.8 Å². The first-order valence-corrected chi connectivity index (χ1v) is 12.3. The van der Waals surface area contributed by atoms with Crippen molar-refractivity contribution in [1.82, 2.24) is 25.1 Å². The third-order valence-corrected chi connectivity index (χ3v) is 7.84. The quantitative estimate of drug-likeness (QED) is 0.382. The molecule has 34 heavy (non-hydrogen) atoms. The normalized spacial score (nSPS) is 23.0. The number of ether oxygens (including phenoxy) is 1. The molecule has 3 aromatic rings. The summed E-state index contributed by atoms with van der Waals surface area (Å²) >= 11 is 0. The van der Waals surface area contributed by atoms with Crippen LogP contribution in [0.5, 0.6) is 5.75 Å². The number of nitrogen functional groups attached to an aromatic ring is 1. The first-order chi connectivity index (χ1) is 16.5. The number of aliphatic hydroxyl groups is 1. The molecule has 0 saturated heterocycles. The number of fused-ring (bicyclic) bond motifs is 1. The van der Waals surface area contributed by atoms with E-state index in [0.717, 1.165) is 59.7 Å². The molecule has 0 aliphatic heterocycles. The van der Waals surface area contributed by atoms with E-state index in [1.165, 1.54) is 25.7 Å². The van der Waals surface area contributed by atoms with Crippen LogP contribution in [0.1, 0.15) is 49.7 Å². The molecule has 180 valence electrons. The number of nitrogens with zero attached hydrogens (tertiary/aromatic N) is 4. The van der Waals surface area contributed by atoms with Crippen LogP contribution < -0.4 is 21.1 Å². The summed E-state index contributed by atoms with van der Waals surface area (Å²) in [6, 6.07) is 6.67. The van der Waals surface area contributed by atoms with E-state index in [-0.39, 0.29) is 12.1 Å². The molecule has 3 aliphatic rings. The Labute approximate surface area is 199 Å². The van der Waals surface area contributed by atoms with Gasteiger partial charge in [-0.2, -0.15) is 10.1 Å². The first-order valence-electron chi connectivity index (χ1n) is 12.3. The molecule has 5 N–H and O–H groups in total. The number of aliphatic hydroxyl groups excluding tert-OH is 1. The lowest BCUT2D eigenvalue weighted by molar-refractivity contribution is 0.0619. The minimum Gasteiger partial charge on any atom is -0.496 e. The lowest BCUT2D eigenvalue weighted by atomic mass is 9.72. The van der Waals surface area contributed by atoms with Gasteiger partial charge in [-0.05, 0) is 61.5 Å². The number of benzene rings is 1. The number of anilines is 2. The third-order valence-electron chi connectivity index (χ3n) is 7.84. The van der Waals surface area contributed by atoms with E-state index >= 15 is 0 Å². The van der Waals surface area contributed by atoms with Gasteiger partial charge in [0, 0.05) is 24.7 Å². The zero-order valence-electron chi connectivity index (χ0n) is 19.6. The van der Waals surface area contributed by atoms with Crippen molar-refractivity contribution in [2.75, 3.05) is 24.7 Å². The molecule has 9 heteroatoms. The summed E-state index contributed by atoms with van der Waals surface area (Å²) in [6.45, 7) is 2.20. The number of methoxy groups -OCH3 is 1. The average molecular weight is 464 g/mol. The molecular formula is C25H33N7O2. The summed E-state index contributed by atoms with van der Waals surface area (Å²) < 4.78 is 7.63. The minimum absolute atomic E-state index is 0.152. The summed E-state index contributed by atoms with van der Waals surface area (Å²) in [4.78, 5) is 8.91. The molecule has 3 fully saturated rings. The van der Waals surface area contributed by atoms with Crippen molar-refractivity contribution in [3.05, 3.63) is 35.5 Å². The van der Waals surface area contributed by atoms with Gasteiger partial charge in [0.1, 0.15) is 16.8 Å². The lowest BCUT2D eigenvalue weighted by Crippen LogP contribution is -2.43. The Hall–Kier alpha value is -2.91. The lowest BCUT2D eigenvalue weighted by Gasteiger charge is -2.36. The van der Waals surface area contributed by atoms with Crippen LogP contribution in [0.25, 0.3) is 11.0 Å². The van der Waals surface area contributed by atoms with Crippen molar-refractivity contribution in [3.63, 3.8) is 0 Å². The summed E-state index contributed by atoms with van der Waals surface area (Å²) in [6.07, 6.45) is 8.70. The minimum atomic E-state index is -0.152. The molecule has 0 amide bonds.